The van der Waals surface area contributed by atoms with Crippen molar-refractivity contribution in [3.8, 4) is 17.2 Å². The van der Waals surface area contributed by atoms with E-state index in [-0.39, 0.29) is 34.0 Å². The minimum atomic E-state index is -4.41. The summed E-state index contributed by atoms with van der Waals surface area (Å²) in [6, 6.07) is 15.2. The summed E-state index contributed by atoms with van der Waals surface area (Å²) in [5.74, 6) is 0.134. The van der Waals surface area contributed by atoms with E-state index in [4.69, 9.17) is 34.0 Å². The fourth-order valence-electron chi connectivity index (χ4n) is 2.13. The maximum absolute atomic E-state index is 11.7. The van der Waals surface area contributed by atoms with Crippen molar-refractivity contribution in [3.63, 3.8) is 0 Å². The third-order valence-electron chi connectivity index (χ3n) is 3.79. The highest BCUT2D eigenvalue weighted by atomic mass is 35.5. The zero-order valence-corrected chi connectivity index (χ0v) is 22.0. The number of nitro benzene ring substituents is 2. The Morgan fingerprint density at radius 2 is 0.976 bits per heavy atom. The molecule has 0 aliphatic carbocycles. The highest BCUT2D eigenvalue weighted by Gasteiger charge is 2.29. The highest BCUT2D eigenvalue weighted by molar-refractivity contribution is 6.40. The van der Waals surface area contributed by atoms with Gasteiger partial charge in [-0.05, 0) is 48.5 Å². The van der Waals surface area contributed by atoms with Gasteiger partial charge in [-0.2, -0.15) is 26.3 Å². The molecule has 226 valence electrons. The number of benzene rings is 3. The second-order valence-electron chi connectivity index (χ2n) is 7.00. The molecule has 0 saturated carbocycles. The first-order valence-corrected chi connectivity index (χ1v) is 11.6. The number of phenolic OH excluding ortho intramolecular Hbond substituents is 1. The average Bonchev–Trinajstić information content (AvgIpc) is 2.88. The quantitative estimate of drug-likeness (QED) is 0.0930. The monoisotopic (exact) mass is 635 g/mol. The third kappa shape index (κ3) is 19.5. The molecule has 0 atom stereocenters. The summed E-state index contributed by atoms with van der Waals surface area (Å²) >= 11 is 9.53. The van der Waals surface area contributed by atoms with Crippen molar-refractivity contribution >= 4 is 40.3 Å². The van der Waals surface area contributed by atoms with Crippen LogP contribution >= 0.6 is 23.2 Å². The van der Waals surface area contributed by atoms with E-state index in [1.54, 1.807) is 0 Å². The number of hydrogen-bond donors (Lipinski definition) is 2. The number of aromatic hydroxyl groups is 1. The number of alkyl halides is 8. The summed E-state index contributed by atoms with van der Waals surface area (Å²) in [5, 5.41) is 29.2. The topological polar surface area (TPSA) is 151 Å². The summed E-state index contributed by atoms with van der Waals surface area (Å²) < 4.78 is 79.0. The first kappa shape index (κ1) is 36.8. The summed E-state index contributed by atoms with van der Waals surface area (Å²) in [7, 11) is 0. The number of rotatable bonds is 6. The van der Waals surface area contributed by atoms with E-state index in [0.717, 1.165) is 24.3 Å². The third-order valence-corrected chi connectivity index (χ3v) is 3.79. The van der Waals surface area contributed by atoms with Crippen LogP contribution in [0.3, 0.4) is 0 Å². The van der Waals surface area contributed by atoms with Gasteiger partial charge >= 0.3 is 12.4 Å². The smallest absolute Gasteiger partial charge is 0.422 e. The van der Waals surface area contributed by atoms with Gasteiger partial charge in [-0.3, -0.25) is 20.2 Å². The van der Waals surface area contributed by atoms with Crippen LogP contribution in [0.4, 0.5) is 43.4 Å². The van der Waals surface area contributed by atoms with Crippen molar-refractivity contribution < 1.29 is 50.8 Å². The number of nitrogens with zero attached hydrogens (tertiary/aromatic N) is 2. The number of nitrogens with two attached hydrogens (primary N) is 1. The Hall–Kier alpha value is -4.18. The van der Waals surface area contributed by atoms with Gasteiger partial charge in [0.2, 0.25) is 0 Å². The van der Waals surface area contributed by atoms with Crippen LogP contribution in [0.5, 0.6) is 17.2 Å². The molecule has 0 radical (unpaired) electrons. The molecule has 3 aromatic carbocycles. The summed E-state index contributed by atoms with van der Waals surface area (Å²) in [4.78, 5) is 19.1. The molecule has 0 spiro atoms. The molecule has 41 heavy (non-hydrogen) atoms. The zero-order chi connectivity index (χ0) is 31.6. The van der Waals surface area contributed by atoms with Gasteiger partial charge in [0.1, 0.15) is 17.2 Å². The Morgan fingerprint density at radius 3 is 1.27 bits per heavy atom. The molecule has 0 fully saturated rings. The Morgan fingerprint density at radius 1 is 0.683 bits per heavy atom. The van der Waals surface area contributed by atoms with Gasteiger partial charge in [0.15, 0.2) is 13.2 Å². The molecule has 0 amide bonds. The van der Waals surface area contributed by atoms with Crippen LogP contribution in [0, 0.1) is 20.2 Å². The Kier molecular flexibility index (Phi) is 16.4. The molecule has 0 heterocycles. The number of non-ortho nitro benzene ring substituents is 2. The van der Waals surface area contributed by atoms with Crippen molar-refractivity contribution in [1.29, 1.82) is 0 Å². The van der Waals surface area contributed by atoms with Crippen LogP contribution < -0.4 is 15.2 Å². The number of anilines is 1. The lowest BCUT2D eigenvalue weighted by atomic mass is 10.3. The molecular weight excluding hydrogens is 615 g/mol. The fourth-order valence-corrected chi connectivity index (χ4v) is 2.13. The molecule has 0 aliphatic heterocycles. The van der Waals surface area contributed by atoms with Crippen molar-refractivity contribution in [2.24, 2.45) is 0 Å². The summed E-state index contributed by atoms with van der Waals surface area (Å²) in [5.41, 5.74) is 5.60. The lowest BCUT2D eigenvalue weighted by molar-refractivity contribution is -0.385. The van der Waals surface area contributed by atoms with E-state index in [1.165, 1.54) is 48.5 Å². The van der Waals surface area contributed by atoms with Gasteiger partial charge < -0.3 is 20.3 Å². The Balaban J connectivity index is 0.000000567. The summed E-state index contributed by atoms with van der Waals surface area (Å²) in [6.45, 7) is -2.69. The average molecular weight is 636 g/mol. The molecule has 3 aromatic rings. The molecule has 0 aromatic heterocycles. The van der Waals surface area contributed by atoms with Gasteiger partial charge in [0.05, 0.1) is 15.2 Å². The number of nitrogen functional groups attached to an aromatic ring is 1. The predicted octanol–water partition coefficient (Wildman–Crippen LogP) is 7.47. The van der Waals surface area contributed by atoms with Crippen molar-refractivity contribution in [2.75, 3.05) is 24.3 Å². The molecule has 0 saturated heterocycles. The predicted molar refractivity (Wildman–Crippen MR) is 138 cm³/mol. The van der Waals surface area contributed by atoms with E-state index < -0.39 is 35.4 Å². The largest absolute Gasteiger partial charge is 0.508 e. The maximum Gasteiger partial charge on any atom is 0.422 e. The van der Waals surface area contributed by atoms with Crippen molar-refractivity contribution in [2.45, 2.75) is 12.4 Å². The second kappa shape index (κ2) is 18.2. The molecule has 3 N–H and O–H groups in total. The van der Waals surface area contributed by atoms with E-state index in [1.807, 2.05) is 0 Å². The minimum Gasteiger partial charge on any atom is -0.508 e. The van der Waals surface area contributed by atoms with Crippen LogP contribution in [0.1, 0.15) is 0 Å². The maximum atomic E-state index is 11.7. The molecule has 0 unspecified atom stereocenters. The zero-order valence-electron chi connectivity index (χ0n) is 20.4. The Bertz CT molecular complexity index is 1180. The molecule has 0 aliphatic rings. The van der Waals surface area contributed by atoms with E-state index in [9.17, 15) is 46.6 Å². The van der Waals surface area contributed by atoms with Gasteiger partial charge in [0, 0.05) is 30.0 Å². The minimum absolute atomic E-state index is 0.0159. The van der Waals surface area contributed by atoms with Crippen LogP contribution in [0.15, 0.2) is 72.8 Å². The standard InChI is InChI=1S/C8H6F3NO3.C8H8F3NO.C6H5NO3.CH2Cl2/c9-8(10,11)5-15-7-3-1-6(2-4-7)12(13)14;9-8(10,11)5-13-7-3-1-6(12)2-4-7;8-6-3-1-5(2-4-6)7(9)10;2-1-3/h1-4H,5H2;1-4H,5,12H2;1-4,8H;1H2. The van der Waals surface area contributed by atoms with E-state index in [0.29, 0.717) is 5.69 Å². The number of halogens is 8. The number of phenols is 1. The number of hydrogen-bond acceptors (Lipinski definition) is 8. The number of nitro groups is 2. The van der Waals surface area contributed by atoms with Crippen LogP contribution in [0.2, 0.25) is 0 Å². The SMILES string of the molecule is ClCCl.Nc1ccc(OCC(F)(F)F)cc1.O=[N+]([O-])c1ccc(O)cc1.O=[N+]([O-])c1ccc(OCC(F)(F)F)cc1. The van der Waals surface area contributed by atoms with Crippen LogP contribution in [-0.4, -0.2) is 45.9 Å². The van der Waals surface area contributed by atoms with Gasteiger partial charge in [0.25, 0.3) is 11.4 Å². The van der Waals surface area contributed by atoms with Gasteiger partial charge in [-0.1, -0.05) is 0 Å². The first-order valence-electron chi connectivity index (χ1n) is 10.5. The van der Waals surface area contributed by atoms with Crippen molar-refractivity contribution in [3.05, 3.63) is 93.0 Å². The van der Waals surface area contributed by atoms with Crippen LogP contribution in [0.25, 0.3) is 0 Å². The second-order valence-corrected chi connectivity index (χ2v) is 7.81. The van der Waals surface area contributed by atoms with Gasteiger partial charge in [-0.25, -0.2) is 0 Å². The molecule has 18 heteroatoms. The molecule has 3 rings (SSSR count). The van der Waals surface area contributed by atoms with Crippen molar-refractivity contribution in [1.82, 2.24) is 0 Å². The summed E-state index contributed by atoms with van der Waals surface area (Å²) in [6.07, 6.45) is -8.72. The number of ether oxygens (including phenoxy) is 2. The first-order chi connectivity index (χ1) is 19.0. The highest BCUT2D eigenvalue weighted by Crippen LogP contribution is 2.21. The normalized spacial score (nSPS) is 10.3. The fraction of sp³-hybridized carbons (Fsp3) is 0.217. The molecule has 0 bridgehead atoms. The van der Waals surface area contributed by atoms with E-state index >= 15 is 0 Å². The Labute approximate surface area is 238 Å². The van der Waals surface area contributed by atoms with Gasteiger partial charge in [-0.15, -0.1) is 23.2 Å². The lowest BCUT2D eigenvalue weighted by Gasteiger charge is -2.08. The van der Waals surface area contributed by atoms with Crippen LogP contribution in [-0.2, 0) is 0 Å². The molecular formula is C23H21Cl2F6N3O7. The lowest BCUT2D eigenvalue weighted by Crippen LogP contribution is -2.19. The molecule has 10 nitrogen and oxygen atoms in total. The van der Waals surface area contributed by atoms with E-state index in [2.05, 4.69) is 9.47 Å².